The lowest BCUT2D eigenvalue weighted by molar-refractivity contribution is 0.0946. The molecule has 2 rings (SSSR count). The zero-order valence-corrected chi connectivity index (χ0v) is 13.3. The lowest BCUT2D eigenvalue weighted by Gasteiger charge is -2.10. The molecule has 1 amide bonds. The van der Waals surface area contributed by atoms with Crippen LogP contribution in [-0.2, 0) is 0 Å². The van der Waals surface area contributed by atoms with E-state index >= 15 is 0 Å². The minimum Gasteiger partial charge on any atom is -0.490 e. The summed E-state index contributed by atoms with van der Waals surface area (Å²) in [5.41, 5.74) is 7.95. The van der Waals surface area contributed by atoms with Gasteiger partial charge in [-0.15, -0.1) is 0 Å². The van der Waals surface area contributed by atoms with Gasteiger partial charge in [-0.1, -0.05) is 28.1 Å². The van der Waals surface area contributed by atoms with Gasteiger partial charge in [0.05, 0.1) is 12.2 Å². The summed E-state index contributed by atoms with van der Waals surface area (Å²) in [5, 5.41) is 2.83. The molecule has 3 N–H and O–H groups in total. The minimum absolute atomic E-state index is 0.107. The van der Waals surface area contributed by atoms with Crippen LogP contribution in [-0.4, -0.2) is 19.1 Å². The first kappa shape index (κ1) is 15.4. The number of carbonyl (C=O) groups excluding carboxylic acids is 1. The van der Waals surface area contributed by atoms with Gasteiger partial charge < -0.3 is 15.8 Å². The molecule has 0 saturated heterocycles. The highest BCUT2D eigenvalue weighted by molar-refractivity contribution is 9.10. The Morgan fingerprint density at radius 3 is 2.76 bits per heavy atom. The molecule has 110 valence electrons. The SMILES string of the molecule is Cc1cc(Br)ccc1C(=O)NCCOc1ccccc1N. The number of rotatable bonds is 5. The van der Waals surface area contributed by atoms with Crippen molar-refractivity contribution in [3.63, 3.8) is 0 Å². The summed E-state index contributed by atoms with van der Waals surface area (Å²) >= 11 is 3.38. The minimum atomic E-state index is -0.107. The molecule has 0 aromatic heterocycles. The number of hydrogen-bond donors (Lipinski definition) is 2. The molecule has 0 fully saturated rings. The normalized spacial score (nSPS) is 10.2. The molecule has 5 heteroatoms. The number of carbonyl (C=O) groups is 1. The Labute approximate surface area is 132 Å². The van der Waals surface area contributed by atoms with Crippen LogP contribution in [0.4, 0.5) is 5.69 Å². The van der Waals surface area contributed by atoms with Crippen LogP contribution >= 0.6 is 15.9 Å². The third kappa shape index (κ3) is 4.23. The molecule has 4 nitrogen and oxygen atoms in total. The number of aryl methyl sites for hydroxylation is 1. The van der Waals surface area contributed by atoms with E-state index in [0.29, 0.717) is 30.2 Å². The smallest absolute Gasteiger partial charge is 0.251 e. The fourth-order valence-corrected chi connectivity index (χ4v) is 2.39. The number of ether oxygens (including phenoxy) is 1. The van der Waals surface area contributed by atoms with Crippen LogP contribution in [0.5, 0.6) is 5.75 Å². The van der Waals surface area contributed by atoms with E-state index in [1.807, 2.05) is 31.2 Å². The fourth-order valence-electron chi connectivity index (χ4n) is 1.91. The molecule has 0 aliphatic carbocycles. The molecule has 0 heterocycles. The fraction of sp³-hybridized carbons (Fsp3) is 0.188. The topological polar surface area (TPSA) is 64.3 Å². The average molecular weight is 349 g/mol. The van der Waals surface area contributed by atoms with E-state index in [4.69, 9.17) is 10.5 Å². The van der Waals surface area contributed by atoms with E-state index in [-0.39, 0.29) is 5.91 Å². The van der Waals surface area contributed by atoms with Crippen LogP contribution in [0.25, 0.3) is 0 Å². The molecule has 21 heavy (non-hydrogen) atoms. The summed E-state index contributed by atoms with van der Waals surface area (Å²) in [6.07, 6.45) is 0. The maximum atomic E-state index is 12.0. The first-order valence-electron chi connectivity index (χ1n) is 6.59. The number of nitrogens with two attached hydrogens (primary N) is 1. The molecule has 0 bridgehead atoms. The second kappa shape index (κ2) is 7.13. The van der Waals surface area contributed by atoms with Crippen molar-refractivity contribution in [2.45, 2.75) is 6.92 Å². The number of amides is 1. The van der Waals surface area contributed by atoms with Gasteiger partial charge in [0.1, 0.15) is 12.4 Å². The summed E-state index contributed by atoms with van der Waals surface area (Å²) < 4.78 is 6.48. The zero-order chi connectivity index (χ0) is 15.2. The van der Waals surface area contributed by atoms with Crippen molar-refractivity contribution >= 4 is 27.5 Å². The number of nitrogens with one attached hydrogen (secondary N) is 1. The first-order valence-corrected chi connectivity index (χ1v) is 7.39. The molecule has 0 aliphatic rings. The van der Waals surface area contributed by atoms with E-state index in [1.54, 1.807) is 18.2 Å². The monoisotopic (exact) mass is 348 g/mol. The summed E-state index contributed by atoms with van der Waals surface area (Å²) in [7, 11) is 0. The van der Waals surface area contributed by atoms with E-state index in [1.165, 1.54) is 0 Å². The molecule has 0 unspecified atom stereocenters. The number of benzene rings is 2. The molecule has 2 aromatic carbocycles. The van der Waals surface area contributed by atoms with Gasteiger partial charge >= 0.3 is 0 Å². The maximum absolute atomic E-state index is 12.0. The van der Waals surface area contributed by atoms with Gasteiger partial charge in [-0.25, -0.2) is 0 Å². The Kier molecular flexibility index (Phi) is 5.22. The van der Waals surface area contributed by atoms with Gasteiger partial charge in [-0.05, 0) is 42.8 Å². The molecular formula is C16H17BrN2O2. The predicted molar refractivity (Wildman–Crippen MR) is 87.6 cm³/mol. The van der Waals surface area contributed by atoms with Crippen LogP contribution in [0.2, 0.25) is 0 Å². The number of anilines is 1. The Balaban J connectivity index is 1.83. The molecule has 0 atom stereocenters. The molecule has 0 saturated carbocycles. The quantitative estimate of drug-likeness (QED) is 0.644. The van der Waals surface area contributed by atoms with Crippen molar-refractivity contribution < 1.29 is 9.53 Å². The Morgan fingerprint density at radius 1 is 1.29 bits per heavy atom. The van der Waals surface area contributed by atoms with E-state index < -0.39 is 0 Å². The summed E-state index contributed by atoms with van der Waals surface area (Å²) in [5.74, 6) is 0.524. The number of para-hydroxylation sites is 2. The van der Waals surface area contributed by atoms with Gasteiger partial charge in [0.15, 0.2) is 0 Å². The van der Waals surface area contributed by atoms with Crippen LogP contribution in [0.1, 0.15) is 15.9 Å². The van der Waals surface area contributed by atoms with Crippen molar-refractivity contribution in [2.75, 3.05) is 18.9 Å². The Bertz CT molecular complexity index is 644. The summed E-state index contributed by atoms with van der Waals surface area (Å²) in [4.78, 5) is 12.0. The average Bonchev–Trinajstić information content (AvgIpc) is 2.45. The highest BCUT2D eigenvalue weighted by Crippen LogP contribution is 2.19. The van der Waals surface area contributed by atoms with E-state index in [2.05, 4.69) is 21.2 Å². The van der Waals surface area contributed by atoms with Crippen LogP contribution < -0.4 is 15.8 Å². The molecule has 2 aromatic rings. The van der Waals surface area contributed by atoms with Gasteiger partial charge in [0, 0.05) is 10.0 Å². The summed E-state index contributed by atoms with van der Waals surface area (Å²) in [6, 6.07) is 12.8. The lowest BCUT2D eigenvalue weighted by atomic mass is 10.1. The third-order valence-electron chi connectivity index (χ3n) is 3.00. The molecule has 0 radical (unpaired) electrons. The van der Waals surface area contributed by atoms with Gasteiger partial charge in [0.2, 0.25) is 0 Å². The Morgan fingerprint density at radius 2 is 2.05 bits per heavy atom. The van der Waals surface area contributed by atoms with Crippen LogP contribution in [0, 0.1) is 6.92 Å². The van der Waals surface area contributed by atoms with Crippen molar-refractivity contribution in [1.82, 2.24) is 5.32 Å². The second-order valence-corrected chi connectivity index (χ2v) is 5.52. The number of nitrogen functional groups attached to an aromatic ring is 1. The van der Waals surface area contributed by atoms with Crippen LogP contribution in [0.3, 0.4) is 0 Å². The largest absolute Gasteiger partial charge is 0.490 e. The summed E-state index contributed by atoms with van der Waals surface area (Å²) in [6.45, 7) is 2.69. The van der Waals surface area contributed by atoms with E-state index in [9.17, 15) is 4.79 Å². The van der Waals surface area contributed by atoms with Crippen molar-refractivity contribution in [3.05, 3.63) is 58.1 Å². The lowest BCUT2D eigenvalue weighted by Crippen LogP contribution is -2.28. The molecule has 0 spiro atoms. The van der Waals surface area contributed by atoms with E-state index in [0.717, 1.165) is 10.0 Å². The first-order chi connectivity index (χ1) is 10.1. The van der Waals surface area contributed by atoms with Crippen molar-refractivity contribution in [3.8, 4) is 5.75 Å². The Hall–Kier alpha value is -2.01. The van der Waals surface area contributed by atoms with Crippen molar-refractivity contribution in [1.29, 1.82) is 0 Å². The molecular weight excluding hydrogens is 332 g/mol. The standard InChI is InChI=1S/C16H17BrN2O2/c1-11-10-12(17)6-7-13(11)16(20)19-8-9-21-15-5-3-2-4-14(15)18/h2-7,10H,8-9,18H2,1H3,(H,19,20). The van der Waals surface area contributed by atoms with Gasteiger partial charge in [-0.3, -0.25) is 4.79 Å². The highest BCUT2D eigenvalue weighted by atomic mass is 79.9. The van der Waals surface area contributed by atoms with Gasteiger partial charge in [0.25, 0.3) is 5.91 Å². The predicted octanol–water partition coefficient (Wildman–Crippen LogP) is 3.15. The second-order valence-electron chi connectivity index (χ2n) is 4.60. The van der Waals surface area contributed by atoms with Gasteiger partial charge in [-0.2, -0.15) is 0 Å². The van der Waals surface area contributed by atoms with Crippen LogP contribution in [0.15, 0.2) is 46.9 Å². The molecule has 0 aliphatic heterocycles. The highest BCUT2D eigenvalue weighted by Gasteiger charge is 2.08. The zero-order valence-electron chi connectivity index (χ0n) is 11.7. The number of hydrogen-bond acceptors (Lipinski definition) is 3. The van der Waals surface area contributed by atoms with Crippen molar-refractivity contribution in [2.24, 2.45) is 0 Å². The number of halogens is 1. The third-order valence-corrected chi connectivity index (χ3v) is 3.49. The maximum Gasteiger partial charge on any atom is 0.251 e.